The lowest BCUT2D eigenvalue weighted by molar-refractivity contribution is -0.134. The summed E-state index contributed by atoms with van der Waals surface area (Å²) in [5.74, 6) is -0.943. The zero-order chi connectivity index (χ0) is 15.4. The van der Waals surface area contributed by atoms with Crippen molar-refractivity contribution < 1.29 is 35.3 Å². The minimum absolute atomic E-state index is 0.0835. The van der Waals surface area contributed by atoms with Crippen LogP contribution in [0.2, 0.25) is 0 Å². The summed E-state index contributed by atoms with van der Waals surface area (Å²) in [6.07, 6.45) is 0.782. The molecule has 1 aromatic carbocycles. The molecule has 0 amide bonds. The first-order valence-corrected chi connectivity index (χ1v) is 6.88. The monoisotopic (exact) mass is 312 g/mol. The number of carbonyl (C=O) groups excluding carboxylic acids is 1. The van der Waals surface area contributed by atoms with Gasteiger partial charge in [-0.05, 0) is 30.7 Å². The summed E-state index contributed by atoms with van der Waals surface area (Å²) in [6.45, 7) is 1.78. The molecule has 20 heavy (non-hydrogen) atoms. The number of hydrogen-bond acceptors (Lipinski definition) is 5. The number of halogens is 3. The Balaban J connectivity index is 2.75. The fourth-order valence-electron chi connectivity index (χ4n) is 1.12. The summed E-state index contributed by atoms with van der Waals surface area (Å²) in [7, 11) is -5.70. The highest BCUT2D eigenvalue weighted by molar-refractivity contribution is 7.87. The number of rotatable bonds is 5. The summed E-state index contributed by atoms with van der Waals surface area (Å²) in [6, 6.07) is 4.18. The van der Waals surface area contributed by atoms with Crippen LogP contribution in [0.5, 0.6) is 11.5 Å². The average molecular weight is 312 g/mol. The lowest BCUT2D eigenvalue weighted by atomic mass is 10.3. The molecule has 0 aliphatic carbocycles. The van der Waals surface area contributed by atoms with Gasteiger partial charge in [0.1, 0.15) is 11.5 Å². The first kappa shape index (κ1) is 16.3. The van der Waals surface area contributed by atoms with E-state index in [0.29, 0.717) is 6.42 Å². The number of hydrogen-bond donors (Lipinski definition) is 0. The smallest absolute Gasteiger partial charge is 0.427 e. The molecule has 0 radical (unpaired) electrons. The Morgan fingerprint density at radius 3 is 2.10 bits per heavy atom. The summed E-state index contributed by atoms with van der Waals surface area (Å²) >= 11 is 0. The van der Waals surface area contributed by atoms with Gasteiger partial charge in [-0.1, -0.05) is 6.92 Å². The van der Waals surface area contributed by atoms with E-state index in [2.05, 4.69) is 4.18 Å². The van der Waals surface area contributed by atoms with Crippen LogP contribution in [0.1, 0.15) is 19.8 Å². The molecule has 0 fully saturated rings. The van der Waals surface area contributed by atoms with Gasteiger partial charge in [0.25, 0.3) is 0 Å². The molecule has 1 aromatic rings. The van der Waals surface area contributed by atoms with Crippen LogP contribution in [-0.4, -0.2) is 19.9 Å². The zero-order valence-electron chi connectivity index (χ0n) is 10.3. The van der Waals surface area contributed by atoms with Gasteiger partial charge < -0.3 is 8.92 Å². The molecule has 112 valence electrons. The quantitative estimate of drug-likeness (QED) is 0.362. The molecule has 0 heterocycles. The van der Waals surface area contributed by atoms with Crippen LogP contribution in [0.3, 0.4) is 0 Å². The Kier molecular flexibility index (Phi) is 4.98. The third kappa shape index (κ3) is 4.41. The van der Waals surface area contributed by atoms with Gasteiger partial charge in [-0.25, -0.2) is 0 Å². The maximum atomic E-state index is 12.1. The summed E-state index contributed by atoms with van der Waals surface area (Å²) in [5, 5.41) is 0. The third-order valence-corrected chi connectivity index (χ3v) is 2.98. The predicted octanol–water partition coefficient (Wildman–Crippen LogP) is 2.62. The second-order valence-electron chi connectivity index (χ2n) is 3.68. The molecule has 0 unspecified atom stereocenters. The van der Waals surface area contributed by atoms with Gasteiger partial charge in [-0.3, -0.25) is 4.79 Å². The lowest BCUT2D eigenvalue weighted by Gasteiger charge is -2.09. The van der Waals surface area contributed by atoms with Crippen molar-refractivity contribution in [1.82, 2.24) is 0 Å². The van der Waals surface area contributed by atoms with E-state index >= 15 is 0 Å². The number of esters is 1. The maximum absolute atomic E-state index is 12.1. The van der Waals surface area contributed by atoms with Gasteiger partial charge in [0, 0.05) is 6.42 Å². The van der Waals surface area contributed by atoms with Crippen LogP contribution in [0.4, 0.5) is 13.2 Å². The van der Waals surface area contributed by atoms with Gasteiger partial charge in [0.05, 0.1) is 0 Å². The Bertz CT molecular complexity index is 563. The van der Waals surface area contributed by atoms with E-state index in [1.54, 1.807) is 6.92 Å². The first-order chi connectivity index (χ1) is 9.15. The van der Waals surface area contributed by atoms with Crippen molar-refractivity contribution in [3.8, 4) is 11.5 Å². The fourth-order valence-corrected chi connectivity index (χ4v) is 1.58. The molecule has 0 spiro atoms. The van der Waals surface area contributed by atoms with Gasteiger partial charge in [-0.15, -0.1) is 0 Å². The summed E-state index contributed by atoms with van der Waals surface area (Å²) in [5.41, 5.74) is -5.50. The Morgan fingerprint density at radius 1 is 1.15 bits per heavy atom. The van der Waals surface area contributed by atoms with Crippen LogP contribution < -0.4 is 8.92 Å². The van der Waals surface area contributed by atoms with Gasteiger partial charge in [0.15, 0.2) is 0 Å². The van der Waals surface area contributed by atoms with Crippen LogP contribution in [0.25, 0.3) is 0 Å². The van der Waals surface area contributed by atoms with Crippen molar-refractivity contribution in [3.05, 3.63) is 24.3 Å². The normalized spacial score (nSPS) is 12.0. The average Bonchev–Trinajstić information content (AvgIpc) is 2.30. The van der Waals surface area contributed by atoms with Crippen molar-refractivity contribution in [2.45, 2.75) is 25.3 Å². The minimum atomic E-state index is -5.70. The maximum Gasteiger partial charge on any atom is 0.534 e. The van der Waals surface area contributed by atoms with Crippen LogP contribution >= 0.6 is 0 Å². The van der Waals surface area contributed by atoms with Gasteiger partial charge in [-0.2, -0.15) is 21.6 Å². The zero-order valence-corrected chi connectivity index (χ0v) is 11.1. The summed E-state index contributed by atoms with van der Waals surface area (Å²) < 4.78 is 66.4. The van der Waals surface area contributed by atoms with Crippen molar-refractivity contribution in [1.29, 1.82) is 0 Å². The molecule has 0 saturated heterocycles. The predicted molar refractivity (Wildman–Crippen MR) is 62.6 cm³/mol. The van der Waals surface area contributed by atoms with Crippen molar-refractivity contribution >= 4 is 16.1 Å². The molecule has 0 aromatic heterocycles. The van der Waals surface area contributed by atoms with Crippen LogP contribution in [0, 0.1) is 0 Å². The van der Waals surface area contributed by atoms with E-state index in [-0.39, 0.29) is 12.2 Å². The lowest BCUT2D eigenvalue weighted by Crippen LogP contribution is -2.28. The fraction of sp³-hybridized carbons (Fsp3) is 0.364. The number of alkyl halides is 3. The highest BCUT2D eigenvalue weighted by Crippen LogP contribution is 2.27. The second kappa shape index (κ2) is 6.12. The molecule has 0 saturated carbocycles. The summed E-state index contributed by atoms with van der Waals surface area (Å²) in [4.78, 5) is 11.2. The van der Waals surface area contributed by atoms with Gasteiger partial charge in [0.2, 0.25) is 0 Å². The van der Waals surface area contributed by atoms with Crippen LogP contribution in [0.15, 0.2) is 24.3 Å². The molecule has 5 nitrogen and oxygen atoms in total. The highest BCUT2D eigenvalue weighted by atomic mass is 32.2. The van der Waals surface area contributed by atoms with E-state index in [0.717, 1.165) is 24.3 Å². The minimum Gasteiger partial charge on any atom is -0.427 e. The van der Waals surface area contributed by atoms with E-state index in [9.17, 15) is 26.4 Å². The molecule has 0 aliphatic rings. The Morgan fingerprint density at radius 2 is 1.65 bits per heavy atom. The molecule has 0 aliphatic heterocycles. The first-order valence-electron chi connectivity index (χ1n) is 5.47. The third-order valence-electron chi connectivity index (χ3n) is 2.00. The van der Waals surface area contributed by atoms with E-state index < -0.39 is 27.3 Å². The van der Waals surface area contributed by atoms with Gasteiger partial charge >= 0.3 is 21.6 Å². The molecule has 0 N–H and O–H groups in total. The van der Waals surface area contributed by atoms with E-state index in [4.69, 9.17) is 4.74 Å². The topological polar surface area (TPSA) is 69.7 Å². The number of ether oxygens (including phenoxy) is 1. The Hall–Kier alpha value is -1.77. The van der Waals surface area contributed by atoms with Crippen molar-refractivity contribution in [3.63, 3.8) is 0 Å². The highest BCUT2D eigenvalue weighted by Gasteiger charge is 2.48. The SMILES string of the molecule is CCCC(=O)Oc1ccc(OS(=O)(=O)C(F)(F)F)cc1. The van der Waals surface area contributed by atoms with E-state index in [1.165, 1.54) is 0 Å². The number of benzene rings is 1. The molecular weight excluding hydrogens is 301 g/mol. The second-order valence-corrected chi connectivity index (χ2v) is 5.22. The number of carbonyl (C=O) groups is 1. The standard InChI is InChI=1S/C11H11F3O5S/c1-2-3-10(15)18-8-4-6-9(7-5-8)19-20(16,17)11(12,13)14/h4-7H,2-3H2,1H3. The molecule has 0 bridgehead atoms. The van der Waals surface area contributed by atoms with Crippen LogP contribution in [-0.2, 0) is 14.9 Å². The molecule has 1 rings (SSSR count). The van der Waals surface area contributed by atoms with Crippen molar-refractivity contribution in [2.75, 3.05) is 0 Å². The van der Waals surface area contributed by atoms with Crippen molar-refractivity contribution in [2.24, 2.45) is 0 Å². The van der Waals surface area contributed by atoms with E-state index in [1.807, 2.05) is 0 Å². The Labute approximate surface area is 113 Å². The largest absolute Gasteiger partial charge is 0.534 e. The molecule has 0 atom stereocenters. The molecular formula is C11H11F3O5S. The molecule has 9 heteroatoms.